The monoisotopic (exact) mass is 1780 g/mol. The van der Waals surface area contributed by atoms with Gasteiger partial charge in [0.15, 0.2) is 52.1 Å². The molecule has 5 unspecified atom stereocenters. The Morgan fingerprint density at radius 3 is 1.00 bits per heavy atom. The highest BCUT2D eigenvalue weighted by Crippen LogP contribution is 2.43. The van der Waals surface area contributed by atoms with E-state index in [0.717, 1.165) is 5.56 Å². The minimum absolute atomic E-state index is 0.00929. The molecule has 5 atom stereocenters. The molecule has 7 aromatic carbocycles. The predicted octanol–water partition coefficient (Wildman–Crippen LogP) is 22.2. The summed E-state index contributed by atoms with van der Waals surface area (Å²) in [5.74, 6) is -0.329. The first-order valence-corrected chi connectivity index (χ1v) is 39.6. The first-order valence-electron chi connectivity index (χ1n) is 38.1. The summed E-state index contributed by atoms with van der Waals surface area (Å²) in [5, 5.41) is 12.1. The number of phenolic OH excluding ortho intramolecular Hbond substituents is 1. The Bertz CT molecular complexity index is 5490. The first kappa shape index (κ1) is 95.2. The summed E-state index contributed by atoms with van der Waals surface area (Å²) in [5.41, 5.74) is 3.73. The molecule has 1 fully saturated rings. The van der Waals surface area contributed by atoms with Crippen molar-refractivity contribution in [3.63, 3.8) is 0 Å². The van der Waals surface area contributed by atoms with Crippen LogP contribution in [0.3, 0.4) is 0 Å². The second-order valence-corrected chi connectivity index (χ2v) is 30.5. The van der Waals surface area contributed by atoms with Crippen molar-refractivity contribution in [2.24, 2.45) is 5.73 Å². The van der Waals surface area contributed by atoms with Gasteiger partial charge in [0.25, 0.3) is 5.91 Å². The van der Waals surface area contributed by atoms with Crippen LogP contribution in [0.1, 0.15) is 132 Å². The number of aromatic hydroxyl groups is 1. The normalized spacial score (nSPS) is 14.1. The number of hydrogen-bond acceptors (Lipinski definition) is 18. The Labute approximate surface area is 726 Å². The molecule has 0 spiro atoms. The van der Waals surface area contributed by atoms with Crippen molar-refractivity contribution in [1.29, 1.82) is 0 Å². The van der Waals surface area contributed by atoms with E-state index in [-0.39, 0.29) is 123 Å². The fourth-order valence-corrected chi connectivity index (χ4v) is 13.3. The summed E-state index contributed by atoms with van der Waals surface area (Å²) in [4.78, 5) is 67.5. The van der Waals surface area contributed by atoms with Crippen LogP contribution in [0.25, 0.3) is 45.0 Å². The van der Waals surface area contributed by atoms with E-state index >= 15 is 13.2 Å². The highest BCUT2D eigenvalue weighted by atomic mass is 35.5. The average Bonchev–Trinajstić information content (AvgIpc) is 1.44. The standard InChI is InChI=1S/C28H27ClF2N2O5.C25H24ClF2NO3.C24H22ClF2NO4.C15H15ClF2N2O/c1-28(31,25-9-8-22(36-2)26(33-25)17-4-6-19(30)18(29)14-17)12-10-20(34)16-5-7-21(24(15-16)37-3)38-23-11-13-32-27(23)35;1-15-5-6-16(14-22(15)32-4)20(30)11-12-25(2,28)23-10-9-21(31-3)24(29-23)17-7-8-19(27)18(26)13-17;1-24(27,11-10-18(29)14-5-7-19(30)21(13-14)32-3)22-9-8-20(31-2)23(28-22)15-4-6-17(26)16(25)12-15;1-15(18,8-19)13-6-5-12(21-2)14(20-13)9-3-4-11(17)10(16)7-9/h4-9,14-15,23H,10-13H2,1-3H3,(H,32,35);5-10,13-14H,11-12H2,1-4H3;4-9,12-13,30H,10-11H2,1-3H3;3-7H,8,19H2,1-2H3. The van der Waals surface area contributed by atoms with Crippen molar-refractivity contribution in [1.82, 2.24) is 25.3 Å². The summed E-state index contributed by atoms with van der Waals surface area (Å²) in [7, 11) is 10.2. The number of ketones is 3. The van der Waals surface area contributed by atoms with Gasteiger partial charge in [0.2, 0.25) is 0 Å². The Balaban J connectivity index is 0.000000189. The van der Waals surface area contributed by atoms with Gasteiger partial charge in [-0.2, -0.15) is 0 Å². The summed E-state index contributed by atoms with van der Waals surface area (Å²) in [6.07, 6.45) is -0.622. The van der Waals surface area contributed by atoms with Crippen LogP contribution < -0.4 is 48.9 Å². The second-order valence-electron chi connectivity index (χ2n) is 28.9. The number of ether oxygens (including phenoxy) is 8. The van der Waals surface area contributed by atoms with Crippen LogP contribution in [0.4, 0.5) is 35.1 Å². The Kier molecular flexibility index (Phi) is 32.5. The van der Waals surface area contributed by atoms with Gasteiger partial charge in [-0.05, 0) is 223 Å². The molecule has 648 valence electrons. The molecule has 1 amide bonds. The lowest BCUT2D eigenvalue weighted by Crippen LogP contribution is -2.27. The molecular formula is C92H88Cl4F8N6O13. The van der Waals surface area contributed by atoms with E-state index in [4.69, 9.17) is 90.0 Å². The molecule has 1 aliphatic heterocycles. The number of nitrogens with two attached hydrogens (primary N) is 1. The van der Waals surface area contributed by atoms with E-state index in [2.05, 4.69) is 25.3 Å². The molecule has 0 bridgehead atoms. The van der Waals surface area contributed by atoms with Crippen molar-refractivity contribution in [2.45, 2.75) is 108 Å². The minimum atomic E-state index is -1.95. The molecule has 1 aliphatic rings. The number of nitrogens with zero attached hydrogens (tertiary/aromatic N) is 4. The molecule has 1 saturated heterocycles. The first-order chi connectivity index (χ1) is 58.3. The lowest BCUT2D eigenvalue weighted by atomic mass is 9.93. The molecule has 31 heteroatoms. The van der Waals surface area contributed by atoms with E-state index in [1.807, 2.05) is 6.92 Å². The van der Waals surface area contributed by atoms with Crippen LogP contribution in [0.5, 0.6) is 51.7 Å². The van der Waals surface area contributed by atoms with Crippen LogP contribution in [0, 0.1) is 30.2 Å². The molecule has 5 heterocycles. The summed E-state index contributed by atoms with van der Waals surface area (Å²) < 4.78 is 158. The number of benzene rings is 7. The number of halogens is 12. The lowest BCUT2D eigenvalue weighted by molar-refractivity contribution is -0.124. The minimum Gasteiger partial charge on any atom is -0.504 e. The number of alkyl halides is 4. The van der Waals surface area contributed by atoms with E-state index < -0.39 is 52.0 Å². The number of methoxy groups -OCH3 is 7. The van der Waals surface area contributed by atoms with Gasteiger partial charge < -0.3 is 54.1 Å². The number of Topliss-reactive ketones (excluding diaryl/α,β-unsaturated/α-hetero) is 3. The van der Waals surface area contributed by atoms with Gasteiger partial charge in [-0.25, -0.2) is 55.1 Å². The van der Waals surface area contributed by atoms with E-state index in [1.165, 1.54) is 199 Å². The van der Waals surface area contributed by atoms with Gasteiger partial charge in [-0.3, -0.25) is 19.2 Å². The van der Waals surface area contributed by atoms with Crippen molar-refractivity contribution in [3.8, 4) is 96.8 Å². The predicted molar refractivity (Wildman–Crippen MR) is 456 cm³/mol. The second kappa shape index (κ2) is 42.0. The van der Waals surface area contributed by atoms with Gasteiger partial charge >= 0.3 is 0 Å². The zero-order valence-corrected chi connectivity index (χ0v) is 72.0. The van der Waals surface area contributed by atoms with E-state index in [0.29, 0.717) is 115 Å². The van der Waals surface area contributed by atoms with Crippen molar-refractivity contribution >= 4 is 69.7 Å². The van der Waals surface area contributed by atoms with Crippen LogP contribution in [-0.4, -0.2) is 117 Å². The number of pyridine rings is 4. The number of rotatable bonds is 30. The molecule has 0 radical (unpaired) electrons. The zero-order chi connectivity index (χ0) is 90.0. The van der Waals surface area contributed by atoms with Gasteiger partial charge in [0, 0.05) is 77.7 Å². The van der Waals surface area contributed by atoms with Gasteiger partial charge in [-0.15, -0.1) is 0 Å². The van der Waals surface area contributed by atoms with Crippen LogP contribution in [0.15, 0.2) is 176 Å². The van der Waals surface area contributed by atoms with Crippen molar-refractivity contribution in [3.05, 3.63) is 264 Å². The maximum atomic E-state index is 15.8. The topological polar surface area (TPSA) is 252 Å². The number of carbonyl (C=O) groups excluding carboxylic acids is 4. The van der Waals surface area contributed by atoms with Crippen LogP contribution in [0.2, 0.25) is 20.1 Å². The highest BCUT2D eigenvalue weighted by Gasteiger charge is 2.35. The molecule has 123 heavy (non-hydrogen) atoms. The Hall–Kier alpha value is -11.6. The van der Waals surface area contributed by atoms with Crippen molar-refractivity contribution < 1.29 is 97.3 Å². The number of phenols is 1. The molecule has 0 aliphatic carbocycles. The SMILES string of the molecule is COc1cc(C(=O)CCC(C)(F)c2ccc(OC)c(-c3ccc(F)c(Cl)c3)n2)ccc1C.COc1cc(C(=O)CCC(C)(F)c2ccc(OC)c(-c3ccc(F)c(Cl)c3)n2)ccc1O.COc1cc(C(=O)CCC(C)(F)c2ccc(OC)c(-c3ccc(F)c(Cl)c3)n2)ccc1OC1CCNC1=O.COc1ccc(C(C)(F)CN)nc1-c1ccc(F)c(Cl)c1. The summed E-state index contributed by atoms with van der Waals surface area (Å²) in [6.45, 7) is 7.64. The molecule has 4 N–H and O–H groups in total. The summed E-state index contributed by atoms with van der Waals surface area (Å²) >= 11 is 23.5. The molecule has 0 saturated carbocycles. The largest absolute Gasteiger partial charge is 0.504 e. The van der Waals surface area contributed by atoms with Gasteiger partial charge in [0.1, 0.15) is 91.8 Å². The number of aryl methyl sites for hydroxylation is 1. The van der Waals surface area contributed by atoms with E-state index in [9.17, 15) is 46.2 Å². The fourth-order valence-electron chi connectivity index (χ4n) is 12.6. The zero-order valence-electron chi connectivity index (χ0n) is 68.9. The summed E-state index contributed by atoms with van der Waals surface area (Å²) in [6, 6.07) is 42.8. The number of hydrogen-bond donors (Lipinski definition) is 3. The van der Waals surface area contributed by atoms with Crippen LogP contribution in [-0.2, 0) is 27.5 Å². The van der Waals surface area contributed by atoms with Crippen molar-refractivity contribution in [2.75, 3.05) is 62.9 Å². The quantitative estimate of drug-likeness (QED) is 0.0279. The van der Waals surface area contributed by atoms with Gasteiger partial charge in [0.05, 0.1) is 92.6 Å². The number of carbonyl (C=O) groups is 4. The Morgan fingerprint density at radius 2 is 0.699 bits per heavy atom. The smallest absolute Gasteiger partial charge is 0.261 e. The van der Waals surface area contributed by atoms with Gasteiger partial charge in [-0.1, -0.05) is 58.5 Å². The Morgan fingerprint density at radius 1 is 0.407 bits per heavy atom. The van der Waals surface area contributed by atoms with E-state index in [1.54, 1.807) is 54.6 Å². The molecule has 12 rings (SSSR count). The highest BCUT2D eigenvalue weighted by molar-refractivity contribution is 6.32. The fraction of sp³-hybridized carbons (Fsp3) is 0.283. The number of nitrogens with one attached hydrogen (secondary N) is 1. The molecule has 4 aromatic heterocycles. The number of amides is 1. The lowest BCUT2D eigenvalue weighted by Gasteiger charge is -2.21. The average molecular weight is 1780 g/mol. The maximum absolute atomic E-state index is 15.8. The maximum Gasteiger partial charge on any atom is 0.261 e. The van der Waals surface area contributed by atoms with Crippen LogP contribution >= 0.6 is 46.4 Å². The molecule has 11 aromatic rings. The molecular weight excluding hydrogens is 1690 g/mol. The third kappa shape index (κ3) is 24.0. The third-order valence-electron chi connectivity index (χ3n) is 20.1. The third-order valence-corrected chi connectivity index (χ3v) is 21.2. The number of aromatic nitrogens is 4. The molecule has 19 nitrogen and oxygen atoms in total.